The SMILES string of the molecule is CCCCCOc1ccc(C(=O)N(CC(F)(F)F)c2nc(C)cs2)cc1. The number of nitrogens with zero attached hydrogens (tertiary/aromatic N) is 2. The first kappa shape index (κ1) is 20.2. The van der Waals surface area contributed by atoms with Crippen molar-refractivity contribution in [2.75, 3.05) is 18.1 Å². The fourth-order valence-corrected chi connectivity index (χ4v) is 3.06. The molecule has 2 rings (SSSR count). The van der Waals surface area contributed by atoms with Gasteiger partial charge in [-0.2, -0.15) is 13.2 Å². The van der Waals surface area contributed by atoms with Gasteiger partial charge in [-0.15, -0.1) is 11.3 Å². The molecule has 2 aromatic rings. The molecular formula is C18H21F3N2O2S. The third-order valence-electron chi connectivity index (χ3n) is 3.54. The van der Waals surface area contributed by atoms with Gasteiger partial charge in [0.15, 0.2) is 5.13 Å². The Labute approximate surface area is 154 Å². The highest BCUT2D eigenvalue weighted by molar-refractivity contribution is 7.14. The van der Waals surface area contributed by atoms with E-state index in [1.807, 2.05) is 0 Å². The average Bonchev–Trinajstić information content (AvgIpc) is 3.02. The summed E-state index contributed by atoms with van der Waals surface area (Å²) in [7, 11) is 0. The van der Waals surface area contributed by atoms with Crippen molar-refractivity contribution in [2.45, 2.75) is 39.3 Å². The van der Waals surface area contributed by atoms with Crippen LogP contribution in [0.15, 0.2) is 29.6 Å². The number of anilines is 1. The zero-order valence-electron chi connectivity index (χ0n) is 14.7. The molecule has 0 saturated heterocycles. The Morgan fingerprint density at radius 1 is 1.23 bits per heavy atom. The van der Waals surface area contributed by atoms with E-state index in [1.165, 1.54) is 12.1 Å². The van der Waals surface area contributed by atoms with Crippen LogP contribution in [0.2, 0.25) is 0 Å². The maximum absolute atomic E-state index is 12.9. The lowest BCUT2D eigenvalue weighted by Gasteiger charge is -2.21. The van der Waals surface area contributed by atoms with Crippen LogP contribution in [0.3, 0.4) is 0 Å². The van der Waals surface area contributed by atoms with Gasteiger partial charge in [-0.1, -0.05) is 19.8 Å². The average molecular weight is 386 g/mol. The first-order valence-corrected chi connectivity index (χ1v) is 9.21. The lowest BCUT2D eigenvalue weighted by Crippen LogP contribution is -2.39. The molecule has 0 saturated carbocycles. The van der Waals surface area contributed by atoms with E-state index < -0.39 is 18.6 Å². The second-order valence-electron chi connectivity index (χ2n) is 5.86. The smallest absolute Gasteiger partial charge is 0.406 e. The fourth-order valence-electron chi connectivity index (χ4n) is 2.26. The van der Waals surface area contributed by atoms with Crippen molar-refractivity contribution in [2.24, 2.45) is 0 Å². The summed E-state index contributed by atoms with van der Waals surface area (Å²) in [6.45, 7) is 2.95. The quantitative estimate of drug-likeness (QED) is 0.584. The van der Waals surface area contributed by atoms with E-state index in [4.69, 9.17) is 4.74 Å². The summed E-state index contributed by atoms with van der Waals surface area (Å²) < 4.78 is 44.3. The number of carbonyl (C=O) groups excluding carboxylic acids is 1. The standard InChI is InChI=1S/C18H21F3N2O2S/c1-3-4-5-10-25-15-8-6-14(7-9-15)16(24)23(12-18(19,20)21)17-22-13(2)11-26-17/h6-9,11H,3-5,10,12H2,1-2H3. The molecule has 4 nitrogen and oxygen atoms in total. The molecule has 0 aliphatic heterocycles. The van der Waals surface area contributed by atoms with E-state index in [0.29, 0.717) is 23.0 Å². The van der Waals surface area contributed by atoms with Gasteiger partial charge in [-0.05, 0) is 37.6 Å². The van der Waals surface area contributed by atoms with Gasteiger partial charge in [0.25, 0.3) is 5.91 Å². The van der Waals surface area contributed by atoms with Crippen molar-refractivity contribution in [1.82, 2.24) is 4.98 Å². The molecule has 0 aliphatic rings. The molecule has 8 heteroatoms. The third kappa shape index (κ3) is 6.01. The summed E-state index contributed by atoms with van der Waals surface area (Å²) in [5, 5.41) is 1.64. The van der Waals surface area contributed by atoms with Crippen molar-refractivity contribution in [3.05, 3.63) is 40.9 Å². The van der Waals surface area contributed by atoms with Crippen LogP contribution >= 0.6 is 11.3 Å². The second-order valence-corrected chi connectivity index (χ2v) is 6.69. The molecule has 0 radical (unpaired) electrons. The largest absolute Gasteiger partial charge is 0.494 e. The number of amides is 1. The number of ether oxygens (including phenoxy) is 1. The minimum atomic E-state index is -4.52. The highest BCUT2D eigenvalue weighted by Gasteiger charge is 2.35. The molecule has 26 heavy (non-hydrogen) atoms. The Hall–Kier alpha value is -2.09. The predicted molar refractivity (Wildman–Crippen MR) is 96.0 cm³/mol. The number of hydrogen-bond acceptors (Lipinski definition) is 4. The summed E-state index contributed by atoms with van der Waals surface area (Å²) in [6, 6.07) is 6.14. The van der Waals surface area contributed by atoms with E-state index in [9.17, 15) is 18.0 Å². The van der Waals surface area contributed by atoms with Crippen molar-refractivity contribution in [1.29, 1.82) is 0 Å². The van der Waals surface area contributed by atoms with Gasteiger partial charge in [-0.3, -0.25) is 9.69 Å². The highest BCUT2D eigenvalue weighted by Crippen LogP contribution is 2.27. The van der Waals surface area contributed by atoms with Gasteiger partial charge >= 0.3 is 6.18 Å². The van der Waals surface area contributed by atoms with Gasteiger partial charge in [0.1, 0.15) is 12.3 Å². The summed E-state index contributed by atoms with van der Waals surface area (Å²) in [6.07, 6.45) is -1.43. The van der Waals surface area contributed by atoms with E-state index in [2.05, 4.69) is 11.9 Å². The predicted octanol–water partition coefficient (Wildman–Crippen LogP) is 5.23. The van der Waals surface area contributed by atoms with Crippen LogP contribution in [-0.2, 0) is 0 Å². The summed E-state index contributed by atoms with van der Waals surface area (Å²) in [4.78, 5) is 17.3. The molecule has 1 aromatic carbocycles. The van der Waals surface area contributed by atoms with Crippen molar-refractivity contribution in [3.8, 4) is 5.75 Å². The zero-order chi connectivity index (χ0) is 19.2. The summed E-state index contributed by atoms with van der Waals surface area (Å²) in [5.74, 6) is -0.153. The number of alkyl halides is 3. The van der Waals surface area contributed by atoms with Crippen molar-refractivity contribution in [3.63, 3.8) is 0 Å². The number of hydrogen-bond donors (Lipinski definition) is 0. The monoisotopic (exact) mass is 386 g/mol. The lowest BCUT2D eigenvalue weighted by molar-refractivity contribution is -0.118. The number of thiazole rings is 1. The topological polar surface area (TPSA) is 42.4 Å². The van der Waals surface area contributed by atoms with Gasteiger partial charge in [-0.25, -0.2) is 4.98 Å². The maximum atomic E-state index is 12.9. The van der Waals surface area contributed by atoms with Crippen molar-refractivity contribution < 1.29 is 22.7 Å². The summed E-state index contributed by atoms with van der Waals surface area (Å²) >= 11 is 1.01. The molecule has 0 fully saturated rings. The zero-order valence-corrected chi connectivity index (χ0v) is 15.5. The normalized spacial score (nSPS) is 11.4. The number of aryl methyl sites for hydroxylation is 1. The molecule has 142 valence electrons. The minimum absolute atomic E-state index is 0.0321. The molecule has 1 heterocycles. The second kappa shape index (κ2) is 9.02. The van der Waals surface area contributed by atoms with Crippen LogP contribution < -0.4 is 9.64 Å². The van der Waals surface area contributed by atoms with E-state index in [0.717, 1.165) is 30.6 Å². The van der Waals surface area contributed by atoms with Crippen LogP contribution in [0, 0.1) is 6.92 Å². The van der Waals surface area contributed by atoms with Gasteiger partial charge in [0.05, 0.1) is 12.3 Å². The van der Waals surface area contributed by atoms with Gasteiger partial charge < -0.3 is 4.74 Å². The van der Waals surface area contributed by atoms with Crippen LogP contribution in [-0.4, -0.2) is 30.2 Å². The Bertz CT molecular complexity index is 714. The maximum Gasteiger partial charge on any atom is 0.406 e. The Balaban J connectivity index is 2.12. The molecule has 0 bridgehead atoms. The Morgan fingerprint density at radius 2 is 1.92 bits per heavy atom. The molecule has 0 atom stereocenters. The third-order valence-corrected chi connectivity index (χ3v) is 4.52. The molecular weight excluding hydrogens is 365 g/mol. The number of rotatable bonds is 8. The van der Waals surface area contributed by atoms with Crippen molar-refractivity contribution >= 4 is 22.4 Å². The van der Waals surface area contributed by atoms with E-state index >= 15 is 0 Å². The van der Waals surface area contributed by atoms with Crippen LogP contribution in [0.5, 0.6) is 5.75 Å². The van der Waals surface area contributed by atoms with Gasteiger partial charge in [0, 0.05) is 10.9 Å². The summed E-state index contributed by atoms with van der Waals surface area (Å²) in [5.41, 5.74) is 0.726. The van der Waals surface area contributed by atoms with E-state index in [1.54, 1.807) is 24.4 Å². The number of aromatic nitrogens is 1. The molecule has 0 spiro atoms. The van der Waals surface area contributed by atoms with Crippen LogP contribution in [0.1, 0.15) is 42.2 Å². The minimum Gasteiger partial charge on any atom is -0.494 e. The first-order valence-electron chi connectivity index (χ1n) is 8.34. The molecule has 1 aromatic heterocycles. The fraction of sp³-hybridized carbons (Fsp3) is 0.444. The number of halogens is 3. The number of benzene rings is 1. The molecule has 1 amide bonds. The molecule has 0 unspecified atom stereocenters. The number of unbranched alkanes of at least 4 members (excludes halogenated alkanes) is 2. The van der Waals surface area contributed by atoms with Crippen LogP contribution in [0.4, 0.5) is 18.3 Å². The van der Waals surface area contributed by atoms with E-state index in [-0.39, 0.29) is 10.7 Å². The first-order chi connectivity index (χ1) is 12.3. The molecule has 0 N–H and O–H groups in total. The highest BCUT2D eigenvalue weighted by atomic mass is 32.1. The number of carbonyl (C=O) groups is 1. The lowest BCUT2D eigenvalue weighted by atomic mass is 10.2. The Kier molecular flexibility index (Phi) is 7.02. The van der Waals surface area contributed by atoms with Crippen LogP contribution in [0.25, 0.3) is 0 Å². The Morgan fingerprint density at radius 3 is 2.46 bits per heavy atom. The van der Waals surface area contributed by atoms with Gasteiger partial charge in [0.2, 0.25) is 0 Å². The molecule has 0 aliphatic carbocycles.